The molecule has 0 radical (unpaired) electrons. The van der Waals surface area contributed by atoms with E-state index in [-0.39, 0.29) is 0 Å². The largest absolute Gasteiger partial charge is 0.440 e. The summed E-state index contributed by atoms with van der Waals surface area (Å²) in [6.07, 6.45) is 7.73. The van der Waals surface area contributed by atoms with E-state index in [2.05, 4.69) is 17.6 Å². The molecule has 0 saturated heterocycles. The van der Waals surface area contributed by atoms with Crippen LogP contribution < -0.4 is 0 Å². The minimum atomic E-state index is 0.481. The van der Waals surface area contributed by atoms with Crippen LogP contribution in [0.1, 0.15) is 43.2 Å². The van der Waals surface area contributed by atoms with E-state index in [9.17, 15) is 4.79 Å². The van der Waals surface area contributed by atoms with Gasteiger partial charge in [0.25, 0.3) is 0 Å². The average molecular weight is 298 g/mol. The normalized spacial score (nSPS) is 14.2. The van der Waals surface area contributed by atoms with Crippen molar-refractivity contribution < 1.29 is 9.21 Å². The van der Waals surface area contributed by atoms with Crippen LogP contribution in [-0.2, 0) is 17.6 Å². The Kier molecular flexibility index (Phi) is 4.27. The van der Waals surface area contributed by atoms with Crippen molar-refractivity contribution in [3.8, 4) is 0 Å². The monoisotopic (exact) mass is 298 g/mol. The van der Waals surface area contributed by atoms with Crippen LogP contribution in [-0.4, -0.2) is 28.9 Å². The van der Waals surface area contributed by atoms with E-state index >= 15 is 0 Å². The lowest BCUT2D eigenvalue weighted by atomic mass is 10.0. The van der Waals surface area contributed by atoms with E-state index in [4.69, 9.17) is 4.42 Å². The molecule has 0 spiro atoms. The second kappa shape index (κ2) is 6.34. The molecule has 22 heavy (non-hydrogen) atoms. The van der Waals surface area contributed by atoms with E-state index in [0.29, 0.717) is 6.04 Å². The van der Waals surface area contributed by atoms with Gasteiger partial charge in [0.1, 0.15) is 5.52 Å². The molecule has 4 nitrogen and oxygen atoms in total. The molecule has 0 unspecified atom stereocenters. The van der Waals surface area contributed by atoms with Gasteiger partial charge in [-0.2, -0.15) is 0 Å². The molecule has 1 aliphatic rings. The van der Waals surface area contributed by atoms with Crippen LogP contribution in [0.2, 0.25) is 0 Å². The van der Waals surface area contributed by atoms with Crippen LogP contribution >= 0.6 is 0 Å². The first-order chi connectivity index (χ1) is 10.7. The molecule has 0 atom stereocenters. The molecule has 1 saturated carbocycles. The number of nitrogens with zero attached hydrogens (tertiary/aromatic N) is 2. The first-order valence-electron chi connectivity index (χ1n) is 8.01. The first kappa shape index (κ1) is 14.8. The van der Waals surface area contributed by atoms with E-state index < -0.39 is 0 Å². The highest BCUT2D eigenvalue weighted by molar-refractivity contribution is 5.79. The standard InChI is InChI=1S/C18H22N2O2/c1-3-13-10-14(6-5-9-20(12-21)15-7-8-15)18-16(11-13)19-17(4-2)22-18/h3,10-12,15H,1,4-9H2,2H3. The van der Waals surface area contributed by atoms with Crippen molar-refractivity contribution >= 4 is 23.6 Å². The summed E-state index contributed by atoms with van der Waals surface area (Å²) in [4.78, 5) is 17.5. The molecule has 3 rings (SSSR count). The molecular formula is C18H22N2O2. The zero-order valence-corrected chi connectivity index (χ0v) is 13.0. The number of hydrogen-bond acceptors (Lipinski definition) is 3. The topological polar surface area (TPSA) is 46.3 Å². The Morgan fingerprint density at radius 2 is 2.27 bits per heavy atom. The Labute approximate surface area is 130 Å². The smallest absolute Gasteiger partial charge is 0.209 e. The fourth-order valence-electron chi connectivity index (χ4n) is 2.81. The summed E-state index contributed by atoms with van der Waals surface area (Å²) < 4.78 is 5.86. The zero-order chi connectivity index (χ0) is 15.5. The maximum absolute atomic E-state index is 11.1. The molecule has 0 N–H and O–H groups in total. The number of fused-ring (bicyclic) bond motifs is 1. The van der Waals surface area contributed by atoms with E-state index in [0.717, 1.165) is 73.2 Å². The minimum Gasteiger partial charge on any atom is -0.440 e. The molecule has 1 fully saturated rings. The Balaban J connectivity index is 1.77. The third kappa shape index (κ3) is 3.06. The highest BCUT2D eigenvalue weighted by Crippen LogP contribution is 2.27. The van der Waals surface area contributed by atoms with Gasteiger partial charge in [0.05, 0.1) is 0 Å². The highest BCUT2D eigenvalue weighted by Gasteiger charge is 2.27. The van der Waals surface area contributed by atoms with E-state index in [1.807, 2.05) is 24.0 Å². The molecule has 1 amide bonds. The Morgan fingerprint density at radius 1 is 1.45 bits per heavy atom. The number of benzene rings is 1. The van der Waals surface area contributed by atoms with Gasteiger partial charge in [-0.1, -0.05) is 19.6 Å². The van der Waals surface area contributed by atoms with Crippen molar-refractivity contribution in [2.24, 2.45) is 0 Å². The van der Waals surface area contributed by atoms with Gasteiger partial charge in [0.2, 0.25) is 6.41 Å². The number of carbonyl (C=O) groups is 1. The van der Waals surface area contributed by atoms with Crippen molar-refractivity contribution in [3.63, 3.8) is 0 Å². The van der Waals surface area contributed by atoms with Crippen LogP contribution in [0.15, 0.2) is 23.1 Å². The summed E-state index contributed by atoms with van der Waals surface area (Å²) in [6, 6.07) is 4.60. The fraction of sp³-hybridized carbons (Fsp3) is 0.444. The maximum Gasteiger partial charge on any atom is 0.209 e. The predicted octanol–water partition coefficient (Wildman–Crippen LogP) is 3.59. The summed E-state index contributed by atoms with van der Waals surface area (Å²) in [5.41, 5.74) is 4.00. The van der Waals surface area contributed by atoms with Crippen molar-refractivity contribution in [2.45, 2.75) is 45.1 Å². The van der Waals surface area contributed by atoms with Gasteiger partial charge < -0.3 is 9.32 Å². The number of rotatable bonds is 8. The number of carbonyl (C=O) groups excluding carboxylic acids is 1. The molecule has 1 aromatic heterocycles. The third-order valence-electron chi connectivity index (χ3n) is 4.19. The van der Waals surface area contributed by atoms with Gasteiger partial charge in [-0.25, -0.2) is 4.98 Å². The van der Waals surface area contributed by atoms with Gasteiger partial charge in [0, 0.05) is 19.0 Å². The summed E-state index contributed by atoms with van der Waals surface area (Å²) in [7, 11) is 0. The molecule has 1 heterocycles. The van der Waals surface area contributed by atoms with Gasteiger partial charge >= 0.3 is 0 Å². The summed E-state index contributed by atoms with van der Waals surface area (Å²) in [5.74, 6) is 0.768. The predicted molar refractivity (Wildman–Crippen MR) is 87.6 cm³/mol. The molecular weight excluding hydrogens is 276 g/mol. The molecule has 1 aliphatic carbocycles. The quantitative estimate of drug-likeness (QED) is 0.700. The summed E-state index contributed by atoms with van der Waals surface area (Å²) in [5, 5.41) is 0. The zero-order valence-electron chi connectivity index (χ0n) is 13.0. The average Bonchev–Trinajstić information content (AvgIpc) is 3.29. The van der Waals surface area contributed by atoms with Crippen molar-refractivity contribution in [1.82, 2.24) is 9.88 Å². The second-order valence-corrected chi connectivity index (χ2v) is 5.87. The molecule has 116 valence electrons. The Bertz CT molecular complexity index is 686. The van der Waals surface area contributed by atoms with Crippen LogP contribution in [0.25, 0.3) is 17.2 Å². The van der Waals surface area contributed by atoms with Gasteiger partial charge in [0.15, 0.2) is 11.5 Å². The number of oxazole rings is 1. The van der Waals surface area contributed by atoms with Crippen LogP contribution in [0.4, 0.5) is 0 Å². The van der Waals surface area contributed by atoms with Crippen LogP contribution in [0, 0.1) is 0 Å². The van der Waals surface area contributed by atoms with Crippen molar-refractivity contribution in [2.75, 3.05) is 6.54 Å². The highest BCUT2D eigenvalue weighted by atomic mass is 16.3. The first-order valence-corrected chi connectivity index (χ1v) is 8.01. The molecule has 0 aliphatic heterocycles. The second-order valence-electron chi connectivity index (χ2n) is 5.87. The van der Waals surface area contributed by atoms with Crippen LogP contribution in [0.3, 0.4) is 0 Å². The number of aryl methyl sites for hydroxylation is 2. The Morgan fingerprint density at radius 3 is 2.91 bits per heavy atom. The molecule has 0 bridgehead atoms. The lowest BCUT2D eigenvalue weighted by molar-refractivity contribution is -0.118. The Hall–Kier alpha value is -2.10. The van der Waals surface area contributed by atoms with Gasteiger partial charge in [-0.3, -0.25) is 4.79 Å². The fourth-order valence-corrected chi connectivity index (χ4v) is 2.81. The lowest BCUT2D eigenvalue weighted by Gasteiger charge is -2.16. The summed E-state index contributed by atoms with van der Waals surface area (Å²) >= 11 is 0. The van der Waals surface area contributed by atoms with Gasteiger partial charge in [-0.05, 0) is 48.9 Å². The molecule has 2 aromatic rings. The van der Waals surface area contributed by atoms with E-state index in [1.165, 1.54) is 0 Å². The maximum atomic E-state index is 11.1. The van der Waals surface area contributed by atoms with Crippen LogP contribution in [0.5, 0.6) is 0 Å². The minimum absolute atomic E-state index is 0.481. The lowest BCUT2D eigenvalue weighted by Crippen LogP contribution is -2.25. The van der Waals surface area contributed by atoms with E-state index in [1.54, 1.807) is 0 Å². The SMILES string of the molecule is C=Cc1cc(CCCN(C=O)C2CC2)c2oc(CC)nc2c1. The summed E-state index contributed by atoms with van der Waals surface area (Å²) in [6.45, 7) is 6.69. The number of hydrogen-bond donors (Lipinski definition) is 0. The third-order valence-corrected chi connectivity index (χ3v) is 4.19. The van der Waals surface area contributed by atoms with Crippen molar-refractivity contribution in [3.05, 3.63) is 35.7 Å². The number of aromatic nitrogens is 1. The van der Waals surface area contributed by atoms with Gasteiger partial charge in [-0.15, -0.1) is 0 Å². The molecule has 4 heteroatoms. The molecule has 1 aromatic carbocycles. The number of amides is 1. The van der Waals surface area contributed by atoms with Crippen molar-refractivity contribution in [1.29, 1.82) is 0 Å².